The zero-order valence-corrected chi connectivity index (χ0v) is 20.6. The summed E-state index contributed by atoms with van der Waals surface area (Å²) in [5.41, 5.74) is 6.88. The van der Waals surface area contributed by atoms with Gasteiger partial charge in [0.05, 0.1) is 25.3 Å². The number of nitrogens with one attached hydrogen (secondary N) is 2. The van der Waals surface area contributed by atoms with Gasteiger partial charge >= 0.3 is 0 Å². The van der Waals surface area contributed by atoms with E-state index in [0.717, 1.165) is 28.1 Å². The third-order valence-corrected chi connectivity index (χ3v) is 6.97. The van der Waals surface area contributed by atoms with Crippen LogP contribution in [-0.2, 0) is 0 Å². The molecule has 8 nitrogen and oxygen atoms in total. The number of ether oxygens (including phenoxy) is 1. The molecule has 0 bridgehead atoms. The number of aromatic nitrogens is 4. The van der Waals surface area contributed by atoms with E-state index in [1.807, 2.05) is 30.6 Å². The summed E-state index contributed by atoms with van der Waals surface area (Å²) in [6.07, 6.45) is 8.18. The summed E-state index contributed by atoms with van der Waals surface area (Å²) in [6, 6.07) is 12.0. The molecule has 0 radical (unpaired) electrons. The Bertz CT molecular complexity index is 1470. The van der Waals surface area contributed by atoms with Crippen LogP contribution in [0.2, 0.25) is 0 Å². The van der Waals surface area contributed by atoms with Gasteiger partial charge in [0.1, 0.15) is 0 Å². The van der Waals surface area contributed by atoms with Crippen molar-refractivity contribution in [1.29, 1.82) is 0 Å². The fourth-order valence-corrected chi connectivity index (χ4v) is 4.74. The molecular weight excluding hydrogens is 452 g/mol. The van der Waals surface area contributed by atoms with Crippen molar-refractivity contribution in [1.82, 2.24) is 24.8 Å². The number of hydrogen-bond donors (Lipinski definition) is 2. The molecule has 1 aliphatic heterocycles. The van der Waals surface area contributed by atoms with Gasteiger partial charge in [-0.2, -0.15) is 0 Å². The molecule has 3 heterocycles. The summed E-state index contributed by atoms with van der Waals surface area (Å²) in [4.78, 5) is 26.1. The number of rotatable bonds is 6. The molecule has 1 atom stereocenters. The van der Waals surface area contributed by atoms with Gasteiger partial charge in [-0.1, -0.05) is 6.92 Å². The highest BCUT2D eigenvalue weighted by Crippen LogP contribution is 2.39. The maximum Gasteiger partial charge on any atom is 0.251 e. The molecule has 2 aliphatic rings. The Morgan fingerprint density at radius 2 is 2.00 bits per heavy atom. The summed E-state index contributed by atoms with van der Waals surface area (Å²) in [7, 11) is 1.60. The summed E-state index contributed by atoms with van der Waals surface area (Å²) in [6.45, 7) is 4.82. The molecule has 2 N–H and O–H groups in total. The van der Waals surface area contributed by atoms with Gasteiger partial charge in [0.2, 0.25) is 0 Å². The van der Waals surface area contributed by atoms with E-state index < -0.39 is 0 Å². The highest BCUT2D eigenvalue weighted by Gasteiger charge is 2.26. The van der Waals surface area contributed by atoms with E-state index in [2.05, 4.69) is 57.3 Å². The molecule has 8 heteroatoms. The molecule has 0 spiro atoms. The Morgan fingerprint density at radius 1 is 1.14 bits per heavy atom. The predicted molar refractivity (Wildman–Crippen MR) is 138 cm³/mol. The molecule has 0 saturated heterocycles. The number of fused-ring (bicyclic) bond motifs is 1. The largest absolute Gasteiger partial charge is 0.491 e. The minimum Gasteiger partial charge on any atom is -0.491 e. The average molecular weight is 481 g/mol. The monoisotopic (exact) mass is 480 g/mol. The highest BCUT2D eigenvalue weighted by atomic mass is 16.5. The van der Waals surface area contributed by atoms with Crippen LogP contribution in [0.15, 0.2) is 55.1 Å². The van der Waals surface area contributed by atoms with Crippen molar-refractivity contribution in [3.63, 3.8) is 0 Å². The van der Waals surface area contributed by atoms with Crippen molar-refractivity contribution in [2.45, 2.75) is 38.5 Å². The van der Waals surface area contributed by atoms with Crippen molar-refractivity contribution in [3.8, 4) is 22.8 Å². The van der Waals surface area contributed by atoms with Gasteiger partial charge in [-0.15, -0.1) is 0 Å². The van der Waals surface area contributed by atoms with Crippen molar-refractivity contribution in [3.05, 3.63) is 77.5 Å². The van der Waals surface area contributed by atoms with Gasteiger partial charge in [0, 0.05) is 41.2 Å². The van der Waals surface area contributed by atoms with Crippen LogP contribution in [0.4, 0.5) is 11.5 Å². The number of hydrogen-bond acceptors (Lipinski definition) is 6. The molecule has 2 aromatic heterocycles. The molecule has 2 aromatic carbocycles. The minimum absolute atomic E-state index is 0.0326. The van der Waals surface area contributed by atoms with Crippen molar-refractivity contribution in [2.75, 3.05) is 19.0 Å². The summed E-state index contributed by atoms with van der Waals surface area (Å²) >= 11 is 0. The van der Waals surface area contributed by atoms with E-state index in [0.29, 0.717) is 35.4 Å². The molecule has 1 aliphatic carbocycles. The van der Waals surface area contributed by atoms with Gasteiger partial charge in [0.25, 0.3) is 5.91 Å². The van der Waals surface area contributed by atoms with Crippen LogP contribution in [0.1, 0.15) is 58.8 Å². The number of carbonyl (C=O) groups excluding carboxylic acids is 1. The lowest BCUT2D eigenvalue weighted by Crippen LogP contribution is -2.33. The van der Waals surface area contributed by atoms with Crippen LogP contribution < -0.4 is 15.4 Å². The smallest absolute Gasteiger partial charge is 0.251 e. The molecule has 182 valence electrons. The third-order valence-electron chi connectivity index (χ3n) is 6.97. The maximum absolute atomic E-state index is 12.2. The predicted octanol–water partition coefficient (Wildman–Crippen LogP) is 5.11. The van der Waals surface area contributed by atoms with Crippen LogP contribution in [0.3, 0.4) is 0 Å². The van der Waals surface area contributed by atoms with Crippen LogP contribution in [0, 0.1) is 6.92 Å². The maximum atomic E-state index is 12.2. The Morgan fingerprint density at radius 3 is 2.78 bits per heavy atom. The second-order valence-corrected chi connectivity index (χ2v) is 9.63. The molecular formula is C28H28N6O2. The van der Waals surface area contributed by atoms with Crippen LogP contribution in [-0.4, -0.2) is 39.1 Å². The van der Waals surface area contributed by atoms with E-state index in [1.54, 1.807) is 13.3 Å². The fraction of sp³-hybridized carbons (Fsp3) is 0.286. The number of nitrogens with zero attached hydrogens (tertiary/aromatic N) is 4. The van der Waals surface area contributed by atoms with Gasteiger partial charge in [-0.25, -0.2) is 15.0 Å². The molecule has 1 amide bonds. The zero-order valence-electron chi connectivity index (χ0n) is 20.6. The number of imidazole rings is 1. The first kappa shape index (κ1) is 22.3. The van der Waals surface area contributed by atoms with Crippen molar-refractivity contribution in [2.24, 2.45) is 0 Å². The summed E-state index contributed by atoms with van der Waals surface area (Å²) in [5, 5.41) is 6.29. The quantitative estimate of drug-likeness (QED) is 0.398. The standard InChI is InChI=1S/C28H28N6O2/c1-16-10-19(6-9-24(16)34-14-23(31-15-34)18-4-5-18)26-29-13-25(36-3)27(33-26)32-20-7-8-21-22(11-20)17(2)12-30-28(21)35/h6-11,13-15,17-18H,4-5,12H2,1-3H3,(H,30,35)(H,29,32,33). The topological polar surface area (TPSA) is 94.0 Å². The Kier molecular flexibility index (Phi) is 5.44. The number of anilines is 2. The highest BCUT2D eigenvalue weighted by molar-refractivity contribution is 5.97. The number of benzene rings is 2. The molecule has 36 heavy (non-hydrogen) atoms. The summed E-state index contributed by atoms with van der Waals surface area (Å²) in [5.74, 6) is 2.54. The second kappa shape index (κ2) is 8.78. The molecule has 1 saturated carbocycles. The van der Waals surface area contributed by atoms with E-state index in [1.165, 1.54) is 18.5 Å². The normalized spacial score (nSPS) is 16.9. The first-order chi connectivity index (χ1) is 17.5. The summed E-state index contributed by atoms with van der Waals surface area (Å²) < 4.78 is 7.61. The molecule has 1 unspecified atom stereocenters. The second-order valence-electron chi connectivity index (χ2n) is 9.63. The molecule has 6 rings (SSSR count). The Balaban J connectivity index is 1.30. The SMILES string of the molecule is COc1cnc(-c2ccc(-n3cnc(C4CC4)c3)c(C)c2)nc1Nc1ccc2c(c1)C(C)CNC2=O. The number of aryl methyl sites for hydroxylation is 1. The first-order valence-corrected chi connectivity index (χ1v) is 12.3. The zero-order chi connectivity index (χ0) is 24.8. The van der Waals surface area contributed by atoms with E-state index in [9.17, 15) is 4.79 Å². The van der Waals surface area contributed by atoms with E-state index in [4.69, 9.17) is 9.72 Å². The van der Waals surface area contributed by atoms with Gasteiger partial charge in [0.15, 0.2) is 17.4 Å². The average Bonchev–Trinajstić information content (AvgIpc) is 3.63. The van der Waals surface area contributed by atoms with E-state index >= 15 is 0 Å². The lowest BCUT2D eigenvalue weighted by atomic mass is 9.91. The van der Waals surface area contributed by atoms with Crippen molar-refractivity contribution >= 4 is 17.4 Å². The minimum atomic E-state index is -0.0326. The molecule has 4 aromatic rings. The Hall–Kier alpha value is -4.20. The van der Waals surface area contributed by atoms with Gasteiger partial charge in [-0.05, 0) is 73.2 Å². The first-order valence-electron chi connectivity index (χ1n) is 12.3. The number of amides is 1. The fourth-order valence-electron chi connectivity index (χ4n) is 4.74. The molecule has 1 fully saturated rings. The van der Waals surface area contributed by atoms with Crippen molar-refractivity contribution < 1.29 is 9.53 Å². The number of methoxy groups -OCH3 is 1. The lowest BCUT2D eigenvalue weighted by molar-refractivity contribution is 0.0941. The Labute approximate surface area is 209 Å². The third kappa shape index (κ3) is 4.08. The lowest BCUT2D eigenvalue weighted by Gasteiger charge is -2.23. The van der Waals surface area contributed by atoms with Gasteiger partial charge in [-0.3, -0.25) is 4.79 Å². The number of carbonyl (C=O) groups is 1. The van der Waals surface area contributed by atoms with Crippen LogP contribution in [0.5, 0.6) is 5.75 Å². The van der Waals surface area contributed by atoms with Crippen LogP contribution >= 0.6 is 0 Å². The van der Waals surface area contributed by atoms with E-state index in [-0.39, 0.29) is 11.8 Å². The van der Waals surface area contributed by atoms with Gasteiger partial charge < -0.3 is 19.9 Å². The van der Waals surface area contributed by atoms with Crippen LogP contribution in [0.25, 0.3) is 17.1 Å².